The standard InChI is InChI=1S/C9H16ClN/c10-4-6-11-5-3-9(7-11)8-1-2-8/h8-9H,1-7H2. The van der Waals surface area contributed by atoms with Crippen LogP contribution in [0.15, 0.2) is 0 Å². The predicted molar refractivity (Wildman–Crippen MR) is 48.0 cm³/mol. The summed E-state index contributed by atoms with van der Waals surface area (Å²) in [6, 6.07) is 0. The molecule has 1 nitrogen and oxygen atoms in total. The fourth-order valence-electron chi connectivity index (χ4n) is 2.14. The van der Waals surface area contributed by atoms with Gasteiger partial charge in [-0.2, -0.15) is 0 Å². The quantitative estimate of drug-likeness (QED) is 0.590. The lowest BCUT2D eigenvalue weighted by Gasteiger charge is -2.13. The maximum absolute atomic E-state index is 5.68. The molecule has 2 rings (SSSR count). The highest BCUT2D eigenvalue weighted by atomic mass is 35.5. The first-order valence-electron chi connectivity index (χ1n) is 4.68. The molecule has 11 heavy (non-hydrogen) atoms. The maximum Gasteiger partial charge on any atom is 0.0351 e. The molecule has 0 spiro atoms. The van der Waals surface area contributed by atoms with E-state index in [-0.39, 0.29) is 0 Å². The molecule has 1 unspecified atom stereocenters. The lowest BCUT2D eigenvalue weighted by atomic mass is 10.0. The van der Waals surface area contributed by atoms with Gasteiger partial charge in [0.25, 0.3) is 0 Å². The number of hydrogen-bond donors (Lipinski definition) is 0. The topological polar surface area (TPSA) is 3.24 Å². The van der Waals surface area contributed by atoms with Crippen molar-refractivity contribution in [3.8, 4) is 0 Å². The number of halogens is 1. The van der Waals surface area contributed by atoms with Gasteiger partial charge in [0.15, 0.2) is 0 Å². The van der Waals surface area contributed by atoms with Crippen LogP contribution in [0.1, 0.15) is 19.3 Å². The van der Waals surface area contributed by atoms with Crippen molar-refractivity contribution in [2.75, 3.05) is 25.5 Å². The first-order chi connectivity index (χ1) is 5.40. The second-order valence-corrected chi connectivity index (χ2v) is 4.25. The summed E-state index contributed by atoms with van der Waals surface area (Å²) in [6.07, 6.45) is 4.43. The van der Waals surface area contributed by atoms with Crippen LogP contribution in [0.3, 0.4) is 0 Å². The van der Waals surface area contributed by atoms with Crippen molar-refractivity contribution in [3.05, 3.63) is 0 Å². The van der Waals surface area contributed by atoms with Gasteiger partial charge in [-0.1, -0.05) is 0 Å². The molecule has 64 valence electrons. The Hall–Kier alpha value is 0.250. The molecule has 2 heteroatoms. The zero-order valence-electron chi connectivity index (χ0n) is 6.93. The summed E-state index contributed by atoms with van der Waals surface area (Å²) in [4.78, 5) is 2.51. The van der Waals surface area contributed by atoms with Crippen molar-refractivity contribution in [3.63, 3.8) is 0 Å². The van der Waals surface area contributed by atoms with Crippen molar-refractivity contribution in [2.45, 2.75) is 19.3 Å². The number of alkyl halides is 1. The molecule has 0 aromatic rings. The summed E-state index contributed by atoms with van der Waals surface area (Å²) in [5.41, 5.74) is 0. The lowest BCUT2D eigenvalue weighted by Crippen LogP contribution is -2.23. The van der Waals surface area contributed by atoms with Gasteiger partial charge in [-0.15, -0.1) is 11.6 Å². The highest BCUT2D eigenvalue weighted by Gasteiger charge is 2.35. The largest absolute Gasteiger partial charge is 0.302 e. The van der Waals surface area contributed by atoms with Gasteiger partial charge >= 0.3 is 0 Å². The molecule has 0 aromatic heterocycles. The van der Waals surface area contributed by atoms with Crippen molar-refractivity contribution < 1.29 is 0 Å². The molecule has 0 radical (unpaired) electrons. The summed E-state index contributed by atoms with van der Waals surface area (Å²) in [5.74, 6) is 2.92. The molecule has 0 N–H and O–H groups in total. The Bertz CT molecular complexity index is 134. The molecule has 2 aliphatic rings. The first kappa shape index (κ1) is 7.88. The maximum atomic E-state index is 5.68. The third-order valence-corrected chi connectivity index (χ3v) is 3.17. The van der Waals surface area contributed by atoms with Gasteiger partial charge in [0, 0.05) is 19.0 Å². The van der Waals surface area contributed by atoms with Crippen molar-refractivity contribution in [1.82, 2.24) is 4.90 Å². The van der Waals surface area contributed by atoms with E-state index in [9.17, 15) is 0 Å². The minimum atomic E-state index is 0.803. The highest BCUT2D eigenvalue weighted by molar-refractivity contribution is 6.18. The van der Waals surface area contributed by atoms with Gasteiger partial charge in [-0.25, -0.2) is 0 Å². The molecule has 0 amide bonds. The van der Waals surface area contributed by atoms with Crippen LogP contribution in [-0.4, -0.2) is 30.4 Å². The Labute approximate surface area is 73.7 Å². The average Bonchev–Trinajstić information content (AvgIpc) is 2.75. The average molecular weight is 174 g/mol. The third-order valence-electron chi connectivity index (χ3n) is 3.00. The molecule has 1 aliphatic carbocycles. The Morgan fingerprint density at radius 1 is 1.18 bits per heavy atom. The van der Waals surface area contributed by atoms with Crippen LogP contribution in [0.5, 0.6) is 0 Å². The fraction of sp³-hybridized carbons (Fsp3) is 1.00. The van der Waals surface area contributed by atoms with Crippen LogP contribution in [0.2, 0.25) is 0 Å². The predicted octanol–water partition coefficient (Wildman–Crippen LogP) is 1.96. The Morgan fingerprint density at radius 3 is 2.64 bits per heavy atom. The summed E-state index contributed by atoms with van der Waals surface area (Å²) >= 11 is 5.68. The molecule has 1 saturated heterocycles. The van der Waals surface area contributed by atoms with Gasteiger partial charge in [0.2, 0.25) is 0 Å². The zero-order chi connectivity index (χ0) is 7.68. The number of likely N-dealkylation sites (tertiary alicyclic amines) is 1. The number of hydrogen-bond acceptors (Lipinski definition) is 1. The van der Waals surface area contributed by atoms with Gasteiger partial charge < -0.3 is 4.90 Å². The van der Waals surface area contributed by atoms with Crippen LogP contribution >= 0.6 is 11.6 Å². The van der Waals surface area contributed by atoms with Gasteiger partial charge in [-0.3, -0.25) is 0 Å². The SMILES string of the molecule is ClCCN1CCC(C2CC2)C1. The molecule has 2 fully saturated rings. The van der Waals surface area contributed by atoms with E-state index in [0.717, 1.165) is 24.3 Å². The van der Waals surface area contributed by atoms with E-state index in [0.29, 0.717) is 0 Å². The van der Waals surface area contributed by atoms with Crippen molar-refractivity contribution in [1.29, 1.82) is 0 Å². The van der Waals surface area contributed by atoms with E-state index in [1.807, 2.05) is 0 Å². The van der Waals surface area contributed by atoms with Gasteiger partial charge in [-0.05, 0) is 37.6 Å². The van der Waals surface area contributed by atoms with E-state index in [2.05, 4.69) is 4.90 Å². The van der Waals surface area contributed by atoms with E-state index in [1.54, 1.807) is 0 Å². The normalized spacial score (nSPS) is 33.0. The summed E-state index contributed by atoms with van der Waals surface area (Å²) in [6.45, 7) is 3.73. The first-order valence-corrected chi connectivity index (χ1v) is 5.22. The molecule has 0 bridgehead atoms. The van der Waals surface area contributed by atoms with Gasteiger partial charge in [0.1, 0.15) is 0 Å². The van der Waals surface area contributed by atoms with Gasteiger partial charge in [0.05, 0.1) is 0 Å². The second-order valence-electron chi connectivity index (χ2n) is 3.88. The molecule has 1 atom stereocenters. The number of rotatable bonds is 3. The van der Waals surface area contributed by atoms with E-state index in [1.165, 1.54) is 32.4 Å². The molecule has 1 saturated carbocycles. The molecule has 1 aliphatic heterocycles. The molecular formula is C9H16ClN. The van der Waals surface area contributed by atoms with Crippen LogP contribution in [-0.2, 0) is 0 Å². The lowest BCUT2D eigenvalue weighted by molar-refractivity contribution is 0.335. The van der Waals surface area contributed by atoms with Crippen LogP contribution < -0.4 is 0 Å². The van der Waals surface area contributed by atoms with Crippen LogP contribution in [0.4, 0.5) is 0 Å². The Kier molecular flexibility index (Phi) is 2.38. The van der Waals surface area contributed by atoms with Crippen LogP contribution in [0.25, 0.3) is 0 Å². The Morgan fingerprint density at radius 2 is 2.00 bits per heavy atom. The van der Waals surface area contributed by atoms with Crippen molar-refractivity contribution in [2.24, 2.45) is 11.8 Å². The summed E-state index contributed by atoms with van der Waals surface area (Å²) in [7, 11) is 0. The summed E-state index contributed by atoms with van der Waals surface area (Å²) < 4.78 is 0. The highest BCUT2D eigenvalue weighted by Crippen LogP contribution is 2.41. The van der Waals surface area contributed by atoms with E-state index < -0.39 is 0 Å². The monoisotopic (exact) mass is 173 g/mol. The molecule has 0 aromatic carbocycles. The third kappa shape index (κ3) is 1.88. The van der Waals surface area contributed by atoms with E-state index in [4.69, 9.17) is 11.6 Å². The molecular weight excluding hydrogens is 158 g/mol. The summed E-state index contributed by atoms with van der Waals surface area (Å²) in [5, 5.41) is 0. The minimum absolute atomic E-state index is 0.803. The zero-order valence-corrected chi connectivity index (χ0v) is 7.69. The molecule has 1 heterocycles. The smallest absolute Gasteiger partial charge is 0.0351 e. The Balaban J connectivity index is 1.74. The fourth-order valence-corrected chi connectivity index (χ4v) is 2.38. The van der Waals surface area contributed by atoms with Crippen molar-refractivity contribution >= 4 is 11.6 Å². The van der Waals surface area contributed by atoms with Crippen LogP contribution in [0, 0.1) is 11.8 Å². The second kappa shape index (κ2) is 3.32. The number of nitrogens with zero attached hydrogens (tertiary/aromatic N) is 1. The van der Waals surface area contributed by atoms with E-state index >= 15 is 0 Å². The minimum Gasteiger partial charge on any atom is -0.302 e.